The van der Waals surface area contributed by atoms with E-state index in [1.54, 1.807) is 0 Å². The lowest BCUT2D eigenvalue weighted by Crippen LogP contribution is -2.46. The highest BCUT2D eigenvalue weighted by Gasteiger charge is 2.24. The Kier molecular flexibility index (Phi) is 53.0. The molecule has 0 fully saturated rings. The van der Waals surface area contributed by atoms with Crippen LogP contribution in [0.3, 0.4) is 0 Å². The Balaban J connectivity index is 4.58. The Morgan fingerprint density at radius 1 is 0.448 bits per heavy atom. The molecule has 3 atom stereocenters. The average Bonchev–Trinajstić information content (AvgIpc) is 3.32. The molecule has 0 aliphatic heterocycles. The second-order valence-corrected chi connectivity index (χ2v) is 20.1. The first-order chi connectivity index (χ1) is 33.0. The van der Waals surface area contributed by atoms with Gasteiger partial charge in [0.15, 0.2) is 0 Å². The van der Waals surface area contributed by atoms with E-state index in [0.717, 1.165) is 83.5 Å². The maximum atomic E-state index is 13.3. The smallest absolute Gasteiger partial charge is 0.306 e. The van der Waals surface area contributed by atoms with Crippen molar-refractivity contribution in [1.29, 1.82) is 0 Å². The molecule has 0 aliphatic carbocycles. The maximum Gasteiger partial charge on any atom is 0.306 e. The number of esters is 1. The van der Waals surface area contributed by atoms with Crippen LogP contribution in [0.5, 0.6) is 0 Å². The summed E-state index contributed by atoms with van der Waals surface area (Å²) in [6.45, 7) is 6.48. The lowest BCUT2D eigenvalue weighted by Gasteiger charge is -2.24. The summed E-state index contributed by atoms with van der Waals surface area (Å²) in [5.41, 5.74) is 0. The number of aliphatic hydroxyl groups is 2. The van der Waals surface area contributed by atoms with E-state index in [2.05, 4.69) is 74.7 Å². The number of unbranched alkanes of at least 4 members (excludes halogenated alkanes) is 34. The van der Waals surface area contributed by atoms with Crippen molar-refractivity contribution in [3.63, 3.8) is 0 Å². The molecule has 6 heteroatoms. The first-order valence-electron chi connectivity index (χ1n) is 29.4. The zero-order valence-corrected chi connectivity index (χ0v) is 44.8. The summed E-state index contributed by atoms with van der Waals surface area (Å²) in [5.74, 6) is -0.494. The first-order valence-corrected chi connectivity index (χ1v) is 29.4. The summed E-state index contributed by atoms with van der Waals surface area (Å²) >= 11 is 0. The SMILES string of the molecule is CCCCC/C=C\C/C=C\CCCCCCCC(CC(=O)NC(CO)C(O)CCCCCCCCCCCCCCCCC)OC(=O)CCCCCCC/C=C/C=C/CCCCCCCCC. The molecule has 0 bridgehead atoms. The molecular formula is C61H113NO5. The van der Waals surface area contributed by atoms with Gasteiger partial charge in [0, 0.05) is 6.42 Å². The molecular weight excluding hydrogens is 827 g/mol. The molecule has 1 amide bonds. The standard InChI is InChI=1S/C61H113NO5/c1-4-7-10-13-16-19-22-25-28-29-30-33-36-39-42-45-48-51-54-61(66)67-57(52-49-46-43-40-37-34-31-26-23-20-17-14-11-8-5-2)55-60(65)62-58(56-63)59(64)53-50-47-44-41-38-35-32-27-24-21-18-15-12-9-6-3/h17,20,26,28-31,33,57-59,63-64H,4-16,18-19,21-25,27,32,34-56H2,1-3H3,(H,62,65)/b20-17-,29-28+,31-26-,33-30+. The van der Waals surface area contributed by atoms with Crippen molar-refractivity contribution in [3.8, 4) is 0 Å². The third-order valence-corrected chi connectivity index (χ3v) is 13.4. The summed E-state index contributed by atoms with van der Waals surface area (Å²) in [6.07, 6.45) is 67.4. The Morgan fingerprint density at radius 3 is 1.25 bits per heavy atom. The highest BCUT2D eigenvalue weighted by Crippen LogP contribution is 2.18. The number of carbonyl (C=O) groups excluding carboxylic acids is 2. The summed E-state index contributed by atoms with van der Waals surface area (Å²) in [7, 11) is 0. The summed E-state index contributed by atoms with van der Waals surface area (Å²) < 4.78 is 5.95. The van der Waals surface area contributed by atoms with E-state index < -0.39 is 18.2 Å². The highest BCUT2D eigenvalue weighted by atomic mass is 16.5. The van der Waals surface area contributed by atoms with E-state index in [9.17, 15) is 19.8 Å². The molecule has 0 aromatic heterocycles. The number of carbonyl (C=O) groups is 2. The normalized spacial score (nSPS) is 13.4. The predicted octanol–water partition coefficient (Wildman–Crippen LogP) is 18.2. The van der Waals surface area contributed by atoms with Gasteiger partial charge < -0.3 is 20.3 Å². The van der Waals surface area contributed by atoms with E-state index in [-0.39, 0.29) is 24.9 Å². The van der Waals surface area contributed by atoms with Gasteiger partial charge in [-0.3, -0.25) is 9.59 Å². The van der Waals surface area contributed by atoms with E-state index >= 15 is 0 Å². The summed E-state index contributed by atoms with van der Waals surface area (Å²) in [6, 6.07) is -0.710. The molecule has 0 saturated carbocycles. The third-order valence-electron chi connectivity index (χ3n) is 13.4. The average molecular weight is 941 g/mol. The van der Waals surface area contributed by atoms with Gasteiger partial charge in [0.05, 0.1) is 25.2 Å². The van der Waals surface area contributed by atoms with Crippen LogP contribution in [0.15, 0.2) is 48.6 Å². The largest absolute Gasteiger partial charge is 0.462 e. The number of aliphatic hydroxyl groups excluding tert-OH is 2. The molecule has 0 saturated heterocycles. The lowest BCUT2D eigenvalue weighted by atomic mass is 10.0. The Bertz CT molecular complexity index is 1150. The minimum absolute atomic E-state index is 0.0631. The van der Waals surface area contributed by atoms with Crippen LogP contribution in [0.1, 0.15) is 303 Å². The highest BCUT2D eigenvalue weighted by molar-refractivity contribution is 5.77. The van der Waals surface area contributed by atoms with Gasteiger partial charge in [-0.1, -0.05) is 256 Å². The lowest BCUT2D eigenvalue weighted by molar-refractivity contribution is -0.151. The van der Waals surface area contributed by atoms with Gasteiger partial charge in [-0.2, -0.15) is 0 Å². The molecule has 0 aliphatic rings. The van der Waals surface area contributed by atoms with Gasteiger partial charge in [-0.15, -0.1) is 0 Å². The maximum absolute atomic E-state index is 13.3. The van der Waals surface area contributed by atoms with Crippen LogP contribution in [0.25, 0.3) is 0 Å². The van der Waals surface area contributed by atoms with Gasteiger partial charge in [-0.05, 0) is 83.5 Å². The number of allylic oxidation sites excluding steroid dienone is 8. The Labute approximate surface area is 416 Å². The molecule has 0 heterocycles. The zero-order valence-electron chi connectivity index (χ0n) is 44.8. The molecule has 67 heavy (non-hydrogen) atoms. The number of hydrogen-bond acceptors (Lipinski definition) is 5. The molecule has 3 N–H and O–H groups in total. The molecule has 0 spiro atoms. The third kappa shape index (κ3) is 50.0. The van der Waals surface area contributed by atoms with Crippen LogP contribution in [-0.2, 0) is 14.3 Å². The fourth-order valence-corrected chi connectivity index (χ4v) is 8.92. The summed E-state index contributed by atoms with van der Waals surface area (Å²) in [4.78, 5) is 26.3. The van der Waals surface area contributed by atoms with Crippen molar-refractivity contribution in [2.24, 2.45) is 0 Å². The van der Waals surface area contributed by atoms with Crippen molar-refractivity contribution >= 4 is 11.9 Å². The van der Waals surface area contributed by atoms with Crippen LogP contribution in [0.4, 0.5) is 0 Å². The second kappa shape index (κ2) is 54.8. The molecule has 6 nitrogen and oxygen atoms in total. The van der Waals surface area contributed by atoms with Crippen LogP contribution < -0.4 is 5.32 Å². The number of amides is 1. The molecule has 0 aromatic rings. The molecule has 392 valence electrons. The molecule has 3 unspecified atom stereocenters. The van der Waals surface area contributed by atoms with Gasteiger partial charge in [-0.25, -0.2) is 0 Å². The molecule has 0 radical (unpaired) electrons. The number of ether oxygens (including phenoxy) is 1. The Hall–Kier alpha value is -2.18. The summed E-state index contributed by atoms with van der Waals surface area (Å²) in [5, 5.41) is 23.9. The van der Waals surface area contributed by atoms with Crippen molar-refractivity contribution in [2.75, 3.05) is 6.61 Å². The van der Waals surface area contributed by atoms with Crippen molar-refractivity contribution < 1.29 is 24.5 Å². The topological polar surface area (TPSA) is 95.9 Å². The Morgan fingerprint density at radius 2 is 0.806 bits per heavy atom. The fraction of sp³-hybridized carbons (Fsp3) is 0.836. The van der Waals surface area contributed by atoms with Gasteiger partial charge in [0.2, 0.25) is 5.91 Å². The van der Waals surface area contributed by atoms with Gasteiger partial charge in [0.25, 0.3) is 0 Å². The van der Waals surface area contributed by atoms with Crippen molar-refractivity contribution in [3.05, 3.63) is 48.6 Å². The minimum Gasteiger partial charge on any atom is -0.462 e. The minimum atomic E-state index is -0.795. The zero-order chi connectivity index (χ0) is 48.8. The molecule has 0 rings (SSSR count). The van der Waals surface area contributed by atoms with Gasteiger partial charge >= 0.3 is 5.97 Å². The van der Waals surface area contributed by atoms with Crippen LogP contribution in [0, 0.1) is 0 Å². The second-order valence-electron chi connectivity index (χ2n) is 20.1. The van der Waals surface area contributed by atoms with E-state index in [4.69, 9.17) is 4.74 Å². The number of hydrogen-bond donors (Lipinski definition) is 3. The van der Waals surface area contributed by atoms with Crippen LogP contribution in [-0.4, -0.2) is 46.9 Å². The van der Waals surface area contributed by atoms with Crippen molar-refractivity contribution in [2.45, 2.75) is 322 Å². The van der Waals surface area contributed by atoms with E-state index in [0.29, 0.717) is 19.3 Å². The van der Waals surface area contributed by atoms with Crippen molar-refractivity contribution in [1.82, 2.24) is 5.32 Å². The van der Waals surface area contributed by atoms with E-state index in [1.165, 1.54) is 173 Å². The van der Waals surface area contributed by atoms with Gasteiger partial charge in [0.1, 0.15) is 6.10 Å². The quantitative estimate of drug-likeness (QED) is 0.0244. The monoisotopic (exact) mass is 940 g/mol. The number of nitrogens with one attached hydrogen (secondary N) is 1. The van der Waals surface area contributed by atoms with Crippen LogP contribution >= 0.6 is 0 Å². The first kappa shape index (κ1) is 64.8. The molecule has 0 aromatic carbocycles. The number of rotatable bonds is 53. The van der Waals surface area contributed by atoms with E-state index in [1.807, 2.05) is 0 Å². The predicted molar refractivity (Wildman–Crippen MR) is 292 cm³/mol. The van der Waals surface area contributed by atoms with Crippen LogP contribution in [0.2, 0.25) is 0 Å². The fourth-order valence-electron chi connectivity index (χ4n) is 8.92.